The first kappa shape index (κ1) is 35.4. The highest BCUT2D eigenvalue weighted by Crippen LogP contribution is 2.16. The molecule has 260 valence electrons. The lowest BCUT2D eigenvalue weighted by atomic mass is 10.1. The topological polar surface area (TPSA) is 42.5 Å². The van der Waals surface area contributed by atoms with Gasteiger partial charge < -0.3 is 9.05 Å². The Kier molecular flexibility index (Phi) is 11.3. The van der Waals surface area contributed by atoms with Crippen LogP contribution in [0.1, 0.15) is 12.5 Å². The van der Waals surface area contributed by atoms with Gasteiger partial charge in [0.25, 0.3) is 0 Å². The van der Waals surface area contributed by atoms with Crippen molar-refractivity contribution in [3.8, 4) is 0 Å². The summed E-state index contributed by atoms with van der Waals surface area (Å²) in [5.74, 6) is 0. The molecule has 0 aliphatic carbocycles. The molecule has 7 rings (SSSR count). The first-order chi connectivity index (χ1) is 26.2. The zero-order valence-corrected chi connectivity index (χ0v) is 31.7. The van der Waals surface area contributed by atoms with Gasteiger partial charge >= 0.3 is 16.6 Å². The maximum Gasteiger partial charge on any atom is 0.321 e. The summed E-state index contributed by atoms with van der Waals surface area (Å²) in [6.45, 7) is 2.02. The Bertz CT molecular complexity index is 2030. The van der Waals surface area contributed by atoms with Gasteiger partial charge in [0.15, 0.2) is 0 Å². The molecule has 0 fully saturated rings. The number of benzene rings is 7. The molecule has 0 bridgehead atoms. The lowest BCUT2D eigenvalue weighted by Crippen LogP contribution is -2.70. The van der Waals surface area contributed by atoms with Crippen LogP contribution in [0, 0.1) is 0 Å². The predicted octanol–water partition coefficient (Wildman–Crippen LogP) is 6.31. The number of hydroxylamine groups is 2. The third kappa shape index (κ3) is 7.77. The zero-order chi connectivity index (χ0) is 36.2. The zero-order valence-electron chi connectivity index (χ0n) is 29.7. The monoisotopic (exact) mass is 722 g/mol. The molecule has 7 aromatic rings. The van der Waals surface area contributed by atoms with E-state index in [1.54, 1.807) is 0 Å². The van der Waals surface area contributed by atoms with Crippen molar-refractivity contribution in [1.82, 2.24) is 11.0 Å². The Morgan fingerprint density at radius 3 is 0.925 bits per heavy atom. The molecule has 0 aromatic heterocycles. The van der Waals surface area contributed by atoms with E-state index in [1.165, 1.54) is 0 Å². The lowest BCUT2D eigenvalue weighted by molar-refractivity contribution is 0.231. The Labute approximate surface area is 314 Å². The molecule has 0 unspecified atom stereocenters. The molecule has 0 saturated carbocycles. The van der Waals surface area contributed by atoms with E-state index in [1.807, 2.05) is 49.4 Å². The molecule has 4 nitrogen and oxygen atoms in total. The van der Waals surface area contributed by atoms with Crippen molar-refractivity contribution >= 4 is 53.5 Å². The summed E-state index contributed by atoms with van der Waals surface area (Å²) in [6.07, 6.45) is 4.09. The van der Waals surface area contributed by atoms with Crippen LogP contribution in [0.2, 0.25) is 0 Å². The summed E-state index contributed by atoms with van der Waals surface area (Å²) in [7, 11) is -6.00. The van der Waals surface area contributed by atoms with E-state index in [2.05, 4.69) is 193 Å². The van der Waals surface area contributed by atoms with E-state index >= 15 is 0 Å². The molecule has 0 saturated heterocycles. The Morgan fingerprint density at radius 2 is 0.623 bits per heavy atom. The average molecular weight is 723 g/mol. The van der Waals surface area contributed by atoms with Crippen molar-refractivity contribution in [2.75, 3.05) is 0 Å². The van der Waals surface area contributed by atoms with Crippen LogP contribution in [-0.4, -0.2) is 16.6 Å². The van der Waals surface area contributed by atoms with Gasteiger partial charge in [-0.3, -0.25) is 11.0 Å². The first-order valence-electron chi connectivity index (χ1n) is 17.9. The predicted molar refractivity (Wildman–Crippen MR) is 225 cm³/mol. The van der Waals surface area contributed by atoms with Gasteiger partial charge in [0.2, 0.25) is 0 Å². The second-order valence-corrected chi connectivity index (χ2v) is 19.4. The van der Waals surface area contributed by atoms with Crippen molar-refractivity contribution in [2.24, 2.45) is 0 Å². The van der Waals surface area contributed by atoms with Crippen molar-refractivity contribution in [3.05, 3.63) is 236 Å². The number of allylic oxidation sites excluding steroid dienone is 3. The van der Waals surface area contributed by atoms with Crippen LogP contribution in [0.4, 0.5) is 0 Å². The van der Waals surface area contributed by atoms with Crippen LogP contribution in [-0.2, 0) is 9.05 Å². The Balaban J connectivity index is 1.26. The number of hydrogen-bond donors (Lipinski definition) is 2. The fourth-order valence-corrected chi connectivity index (χ4v) is 14.0. The highest BCUT2D eigenvalue weighted by atomic mass is 28.4. The van der Waals surface area contributed by atoms with Crippen LogP contribution in [0.5, 0.6) is 0 Å². The summed E-state index contributed by atoms with van der Waals surface area (Å²) in [5.41, 5.74) is 9.55. The van der Waals surface area contributed by atoms with Crippen LogP contribution in [0.3, 0.4) is 0 Å². The van der Waals surface area contributed by atoms with Crippen molar-refractivity contribution in [3.63, 3.8) is 0 Å². The van der Waals surface area contributed by atoms with Gasteiger partial charge in [-0.25, -0.2) is 0 Å². The standard InChI is InChI=1S/C47H42N2O2Si2/c1-39(48-50-52(41-25-11-3-12-26-41,42-27-13-4-14-28-42)43-29-15-5-16-30-43)37-38-47(40-23-9-2-10-24-40)49-51-53(44-31-17-6-18-32-44,45-33-19-7-20-34-45)46-35-21-8-22-36-46/h2-38,48-49H,1H3. The summed E-state index contributed by atoms with van der Waals surface area (Å²) < 4.78 is 14.2. The van der Waals surface area contributed by atoms with Crippen molar-refractivity contribution in [1.29, 1.82) is 0 Å². The van der Waals surface area contributed by atoms with Crippen LogP contribution < -0.4 is 42.1 Å². The molecule has 53 heavy (non-hydrogen) atoms. The van der Waals surface area contributed by atoms with Gasteiger partial charge in [-0.15, -0.1) is 0 Å². The smallest absolute Gasteiger partial charge is 0.305 e. The number of rotatable bonds is 14. The minimum Gasteiger partial charge on any atom is -0.305 e. The maximum atomic E-state index is 7.17. The SMILES string of the molecule is CC(=CC=C(NO[Si](c1ccccc1)(c1ccccc1)c1ccccc1)c1ccccc1)NO[Si](c1ccccc1)(c1ccccc1)c1ccccc1. The molecular weight excluding hydrogens is 681 g/mol. The molecule has 0 spiro atoms. The minimum absolute atomic E-state index is 0.823. The van der Waals surface area contributed by atoms with Crippen LogP contribution >= 0.6 is 0 Å². The highest BCUT2D eigenvalue weighted by Gasteiger charge is 2.44. The summed E-state index contributed by atoms with van der Waals surface area (Å²) in [4.78, 5) is 0. The molecule has 0 atom stereocenters. The maximum absolute atomic E-state index is 7.17. The largest absolute Gasteiger partial charge is 0.321 e. The normalized spacial score (nSPS) is 12.2. The number of hydrogen-bond acceptors (Lipinski definition) is 4. The number of nitrogens with one attached hydrogen (secondary N) is 2. The van der Waals surface area contributed by atoms with Gasteiger partial charge in [-0.05, 0) is 55.8 Å². The second kappa shape index (κ2) is 17.0. The van der Waals surface area contributed by atoms with E-state index in [0.29, 0.717) is 0 Å². The van der Waals surface area contributed by atoms with E-state index in [0.717, 1.165) is 48.1 Å². The molecule has 0 aliphatic heterocycles. The fraction of sp³-hybridized carbons (Fsp3) is 0.0213. The van der Waals surface area contributed by atoms with E-state index < -0.39 is 16.6 Å². The summed E-state index contributed by atoms with van der Waals surface area (Å²) in [5, 5.41) is 6.88. The minimum atomic E-state index is -3.04. The third-order valence-electron chi connectivity index (χ3n) is 9.35. The average Bonchev–Trinajstić information content (AvgIpc) is 3.25. The van der Waals surface area contributed by atoms with Crippen molar-refractivity contribution in [2.45, 2.75) is 6.92 Å². The molecular formula is C47H42N2O2Si2. The van der Waals surface area contributed by atoms with Gasteiger partial charge in [-0.1, -0.05) is 212 Å². The summed E-state index contributed by atoms with van der Waals surface area (Å²) in [6, 6.07) is 73.7. The quantitative estimate of drug-likeness (QED) is 0.0599. The van der Waals surface area contributed by atoms with Gasteiger partial charge in [0.1, 0.15) is 0 Å². The molecule has 0 heterocycles. The van der Waals surface area contributed by atoms with E-state index in [4.69, 9.17) is 9.05 Å². The molecule has 0 aliphatic rings. The van der Waals surface area contributed by atoms with E-state index in [9.17, 15) is 0 Å². The van der Waals surface area contributed by atoms with Gasteiger partial charge in [-0.2, -0.15) is 0 Å². The lowest BCUT2D eigenvalue weighted by Gasteiger charge is -2.33. The van der Waals surface area contributed by atoms with Gasteiger partial charge in [0.05, 0.1) is 5.70 Å². The van der Waals surface area contributed by atoms with Crippen LogP contribution in [0.25, 0.3) is 5.70 Å². The van der Waals surface area contributed by atoms with Crippen molar-refractivity contribution < 1.29 is 9.05 Å². The molecule has 0 radical (unpaired) electrons. The third-order valence-corrected chi connectivity index (χ3v) is 17.0. The Hall–Kier alpha value is -6.03. The molecule has 6 heteroatoms. The van der Waals surface area contributed by atoms with Crippen LogP contribution in [0.15, 0.2) is 230 Å². The summed E-state index contributed by atoms with van der Waals surface area (Å²) >= 11 is 0. The van der Waals surface area contributed by atoms with E-state index in [-0.39, 0.29) is 0 Å². The molecule has 7 aromatic carbocycles. The second-order valence-electron chi connectivity index (χ2n) is 12.8. The fourth-order valence-electron chi connectivity index (χ4n) is 6.73. The highest BCUT2D eigenvalue weighted by molar-refractivity contribution is 7.07. The molecule has 2 N–H and O–H groups in total. The Morgan fingerprint density at radius 1 is 0.358 bits per heavy atom. The molecule has 0 amide bonds. The van der Waals surface area contributed by atoms with Gasteiger partial charge in [0, 0.05) is 5.70 Å². The first-order valence-corrected chi connectivity index (χ1v) is 21.7.